The van der Waals surface area contributed by atoms with Crippen molar-refractivity contribution >= 4 is 5.82 Å². The molecule has 3 rings (SSSR count). The molecule has 6 heteroatoms. The van der Waals surface area contributed by atoms with Gasteiger partial charge in [-0.3, -0.25) is 15.0 Å². The Kier molecular flexibility index (Phi) is 2.85. The second-order valence-electron chi connectivity index (χ2n) is 4.66. The van der Waals surface area contributed by atoms with E-state index in [0.29, 0.717) is 17.9 Å². The molecule has 2 N–H and O–H groups in total. The van der Waals surface area contributed by atoms with Crippen molar-refractivity contribution in [1.82, 2.24) is 10.2 Å². The highest BCUT2D eigenvalue weighted by Crippen LogP contribution is 2.36. The Balaban J connectivity index is 1.99. The number of nitrogens with zero attached hydrogens (tertiary/aromatic N) is 1. The molecular formula is C13H13F2N3O. The second-order valence-corrected chi connectivity index (χ2v) is 4.66. The first-order valence-electron chi connectivity index (χ1n) is 6.14. The Morgan fingerprint density at radius 1 is 1.21 bits per heavy atom. The summed E-state index contributed by atoms with van der Waals surface area (Å²) in [6, 6.07) is 4.65. The van der Waals surface area contributed by atoms with E-state index in [-0.39, 0.29) is 11.6 Å². The number of hydrogen-bond acceptors (Lipinski definition) is 2. The molecule has 1 aromatic carbocycles. The number of nitrogens with one attached hydrogen (secondary N) is 2. The maximum Gasteiger partial charge on any atom is 0.266 e. The number of aromatic amines is 2. The third-order valence-corrected chi connectivity index (χ3v) is 3.46. The van der Waals surface area contributed by atoms with Crippen molar-refractivity contribution in [2.45, 2.75) is 18.9 Å². The third-order valence-electron chi connectivity index (χ3n) is 3.46. The van der Waals surface area contributed by atoms with Crippen LogP contribution in [0.5, 0.6) is 0 Å². The predicted molar refractivity (Wildman–Crippen MR) is 67.1 cm³/mol. The first kappa shape index (κ1) is 12.0. The van der Waals surface area contributed by atoms with Gasteiger partial charge in [0.25, 0.3) is 5.56 Å². The smallest absolute Gasteiger partial charge is 0.266 e. The van der Waals surface area contributed by atoms with Crippen LogP contribution in [0, 0.1) is 11.6 Å². The van der Waals surface area contributed by atoms with Crippen LogP contribution in [-0.2, 0) is 0 Å². The fourth-order valence-electron chi connectivity index (χ4n) is 2.63. The van der Waals surface area contributed by atoms with Crippen LogP contribution in [-0.4, -0.2) is 16.7 Å². The number of anilines is 1. The van der Waals surface area contributed by atoms with Gasteiger partial charge in [-0.05, 0) is 31.0 Å². The Morgan fingerprint density at radius 2 is 2.05 bits per heavy atom. The average molecular weight is 265 g/mol. The summed E-state index contributed by atoms with van der Waals surface area (Å²) in [4.78, 5) is 13.0. The summed E-state index contributed by atoms with van der Waals surface area (Å²) in [7, 11) is 0. The Morgan fingerprint density at radius 3 is 2.79 bits per heavy atom. The zero-order valence-electron chi connectivity index (χ0n) is 10.1. The normalized spacial score (nSPS) is 19.1. The standard InChI is InChI=1S/C13H13F2N3O/c14-8-3-4-10(15)9(6-8)11-2-1-5-18(11)12-7-13(19)17-16-12/h3-4,6-7,11H,1-2,5H2,(H2,16,17,19). The van der Waals surface area contributed by atoms with E-state index in [4.69, 9.17) is 0 Å². The van der Waals surface area contributed by atoms with Gasteiger partial charge in [0.2, 0.25) is 0 Å². The van der Waals surface area contributed by atoms with Crippen LogP contribution in [0.1, 0.15) is 24.4 Å². The molecule has 2 aromatic rings. The summed E-state index contributed by atoms with van der Waals surface area (Å²) in [5.41, 5.74) is 0.0971. The van der Waals surface area contributed by atoms with Gasteiger partial charge in [0.05, 0.1) is 6.04 Å². The lowest BCUT2D eigenvalue weighted by Gasteiger charge is -2.25. The quantitative estimate of drug-likeness (QED) is 0.875. The van der Waals surface area contributed by atoms with Gasteiger partial charge in [0, 0.05) is 18.2 Å². The minimum Gasteiger partial charge on any atom is -0.350 e. The van der Waals surface area contributed by atoms with Crippen LogP contribution >= 0.6 is 0 Å². The summed E-state index contributed by atoms with van der Waals surface area (Å²) >= 11 is 0. The molecule has 19 heavy (non-hydrogen) atoms. The molecule has 1 unspecified atom stereocenters. The Bertz CT molecular complexity index is 649. The fourth-order valence-corrected chi connectivity index (χ4v) is 2.63. The van der Waals surface area contributed by atoms with Crippen LogP contribution in [0.25, 0.3) is 0 Å². The minimum absolute atomic E-state index is 0.236. The monoisotopic (exact) mass is 265 g/mol. The van der Waals surface area contributed by atoms with E-state index in [9.17, 15) is 13.6 Å². The molecular weight excluding hydrogens is 252 g/mol. The maximum absolute atomic E-state index is 13.8. The van der Waals surface area contributed by atoms with E-state index in [1.54, 1.807) is 0 Å². The summed E-state index contributed by atoms with van der Waals surface area (Å²) in [6.45, 7) is 0.703. The lowest BCUT2D eigenvalue weighted by Crippen LogP contribution is -2.23. The average Bonchev–Trinajstić information content (AvgIpc) is 3.00. The van der Waals surface area contributed by atoms with E-state index >= 15 is 0 Å². The summed E-state index contributed by atoms with van der Waals surface area (Å²) < 4.78 is 27.1. The van der Waals surface area contributed by atoms with E-state index in [1.807, 2.05) is 4.90 Å². The van der Waals surface area contributed by atoms with Crippen molar-refractivity contribution < 1.29 is 8.78 Å². The largest absolute Gasteiger partial charge is 0.350 e. The van der Waals surface area contributed by atoms with Gasteiger partial charge in [-0.15, -0.1) is 0 Å². The maximum atomic E-state index is 13.8. The molecule has 0 radical (unpaired) electrons. The van der Waals surface area contributed by atoms with Crippen molar-refractivity contribution in [3.8, 4) is 0 Å². The van der Waals surface area contributed by atoms with Crippen molar-refractivity contribution in [3.05, 3.63) is 51.8 Å². The van der Waals surface area contributed by atoms with Gasteiger partial charge < -0.3 is 4.90 Å². The molecule has 100 valence electrons. The number of hydrogen-bond donors (Lipinski definition) is 2. The van der Waals surface area contributed by atoms with Gasteiger partial charge in [-0.25, -0.2) is 8.78 Å². The highest BCUT2D eigenvalue weighted by Gasteiger charge is 2.29. The number of aromatic nitrogens is 2. The first-order valence-corrected chi connectivity index (χ1v) is 6.14. The van der Waals surface area contributed by atoms with Crippen molar-refractivity contribution in [2.75, 3.05) is 11.4 Å². The van der Waals surface area contributed by atoms with Crippen LogP contribution in [0.4, 0.5) is 14.6 Å². The zero-order valence-corrected chi connectivity index (χ0v) is 10.1. The van der Waals surface area contributed by atoms with Gasteiger partial charge in [-0.1, -0.05) is 0 Å². The molecule has 0 bridgehead atoms. The van der Waals surface area contributed by atoms with E-state index < -0.39 is 11.6 Å². The van der Waals surface area contributed by atoms with Gasteiger partial charge >= 0.3 is 0 Å². The van der Waals surface area contributed by atoms with Gasteiger partial charge in [0.1, 0.15) is 17.5 Å². The van der Waals surface area contributed by atoms with Crippen LogP contribution in [0.15, 0.2) is 29.1 Å². The molecule has 4 nitrogen and oxygen atoms in total. The topological polar surface area (TPSA) is 51.9 Å². The lowest BCUT2D eigenvalue weighted by molar-refractivity contribution is 0.560. The minimum atomic E-state index is -0.453. The lowest BCUT2D eigenvalue weighted by atomic mass is 10.0. The number of halogens is 2. The highest BCUT2D eigenvalue weighted by atomic mass is 19.1. The fraction of sp³-hybridized carbons (Fsp3) is 0.308. The first-order chi connectivity index (χ1) is 9.15. The van der Waals surface area contributed by atoms with Crippen LogP contribution in [0.3, 0.4) is 0 Å². The van der Waals surface area contributed by atoms with E-state index in [0.717, 1.165) is 25.0 Å². The molecule has 0 aliphatic carbocycles. The van der Waals surface area contributed by atoms with Crippen molar-refractivity contribution in [1.29, 1.82) is 0 Å². The Labute approximate surface area is 108 Å². The van der Waals surface area contributed by atoms with E-state index in [2.05, 4.69) is 10.2 Å². The Hall–Kier alpha value is -2.11. The van der Waals surface area contributed by atoms with E-state index in [1.165, 1.54) is 12.1 Å². The summed E-state index contributed by atoms with van der Waals surface area (Å²) in [5, 5.41) is 5.21. The SMILES string of the molecule is O=c1cc(N2CCCC2c2cc(F)ccc2F)[nH][nH]1. The van der Waals surface area contributed by atoms with Crippen LogP contribution < -0.4 is 10.5 Å². The van der Waals surface area contributed by atoms with Crippen molar-refractivity contribution in [3.63, 3.8) is 0 Å². The predicted octanol–water partition coefficient (Wildman–Crippen LogP) is 2.32. The van der Waals surface area contributed by atoms with Gasteiger partial charge in [0.15, 0.2) is 0 Å². The molecule has 1 aliphatic rings. The number of benzene rings is 1. The number of rotatable bonds is 2. The molecule has 1 aromatic heterocycles. The molecule has 1 aliphatic heterocycles. The molecule has 1 saturated heterocycles. The summed E-state index contributed by atoms with van der Waals surface area (Å²) in [6.07, 6.45) is 1.60. The molecule has 2 heterocycles. The summed E-state index contributed by atoms with van der Waals surface area (Å²) in [5.74, 6) is -0.266. The molecule has 0 saturated carbocycles. The van der Waals surface area contributed by atoms with Gasteiger partial charge in [-0.2, -0.15) is 0 Å². The third kappa shape index (κ3) is 2.14. The molecule has 1 fully saturated rings. The highest BCUT2D eigenvalue weighted by molar-refractivity contribution is 5.43. The molecule has 0 spiro atoms. The number of H-pyrrole nitrogens is 2. The van der Waals surface area contributed by atoms with Crippen molar-refractivity contribution in [2.24, 2.45) is 0 Å². The zero-order chi connectivity index (χ0) is 13.4. The molecule has 1 atom stereocenters. The molecule has 0 amide bonds. The second kappa shape index (κ2) is 4.53. The van der Waals surface area contributed by atoms with Crippen LogP contribution in [0.2, 0.25) is 0 Å².